The molecular formula is C21H25N2+. The van der Waals surface area contributed by atoms with Crippen molar-refractivity contribution in [3.63, 3.8) is 0 Å². The zero-order chi connectivity index (χ0) is 15.9. The number of fused-ring (bicyclic) bond motifs is 2. The van der Waals surface area contributed by atoms with Gasteiger partial charge in [-0.1, -0.05) is 30.3 Å². The molecule has 1 aliphatic heterocycles. The van der Waals surface area contributed by atoms with E-state index in [0.29, 0.717) is 0 Å². The predicted molar refractivity (Wildman–Crippen MR) is 95.2 cm³/mol. The first kappa shape index (κ1) is 14.6. The number of pyridine rings is 1. The van der Waals surface area contributed by atoms with E-state index < -0.39 is 0 Å². The van der Waals surface area contributed by atoms with Crippen LogP contribution in [0.3, 0.4) is 0 Å². The highest BCUT2D eigenvalue weighted by atomic mass is 15.3. The minimum atomic E-state index is 1.10. The third kappa shape index (κ3) is 2.72. The third-order valence-electron chi connectivity index (χ3n) is 5.47. The molecule has 23 heavy (non-hydrogen) atoms. The van der Waals surface area contributed by atoms with Gasteiger partial charge in [-0.05, 0) is 41.2 Å². The number of likely N-dealkylation sites (tertiary alicyclic amines) is 1. The van der Waals surface area contributed by atoms with Gasteiger partial charge in [-0.15, -0.1) is 0 Å². The summed E-state index contributed by atoms with van der Waals surface area (Å²) < 4.78 is 1.13. The van der Waals surface area contributed by atoms with E-state index in [9.17, 15) is 0 Å². The number of aromatic nitrogens is 1. The molecule has 2 aromatic rings. The van der Waals surface area contributed by atoms with E-state index in [1.54, 1.807) is 5.57 Å². The van der Waals surface area contributed by atoms with Gasteiger partial charge in [0.2, 0.25) is 0 Å². The molecule has 2 aliphatic rings. The number of piperidine rings is 1. The van der Waals surface area contributed by atoms with E-state index in [0.717, 1.165) is 17.3 Å². The average molecular weight is 305 g/mol. The fourth-order valence-electron chi connectivity index (χ4n) is 3.96. The summed E-state index contributed by atoms with van der Waals surface area (Å²) in [4.78, 5) is 4.81. The molecule has 0 atom stereocenters. The predicted octanol–water partition coefficient (Wildman–Crippen LogP) is 3.85. The molecule has 0 bridgehead atoms. The molecule has 0 unspecified atom stereocenters. The van der Waals surface area contributed by atoms with Crippen LogP contribution in [0, 0.1) is 0 Å². The molecule has 2 nitrogen and oxygen atoms in total. The minimum absolute atomic E-state index is 1.10. The quantitative estimate of drug-likeness (QED) is 0.674. The summed E-state index contributed by atoms with van der Waals surface area (Å²) in [6, 6.07) is 13.3. The molecule has 0 saturated carbocycles. The molecule has 4 rings (SSSR count). The topological polar surface area (TPSA) is 12.9 Å². The second-order valence-electron chi connectivity index (χ2n) is 7.53. The van der Waals surface area contributed by atoms with E-state index in [1.165, 1.54) is 53.9 Å². The lowest BCUT2D eigenvalue weighted by Crippen LogP contribution is -2.44. The summed E-state index contributed by atoms with van der Waals surface area (Å²) in [5.41, 5.74) is 8.59. The van der Waals surface area contributed by atoms with Crippen molar-refractivity contribution in [2.75, 3.05) is 27.2 Å². The largest absolute Gasteiger partial charge is 0.328 e. The van der Waals surface area contributed by atoms with Gasteiger partial charge in [-0.3, -0.25) is 4.98 Å². The highest BCUT2D eigenvalue weighted by Gasteiger charge is 2.28. The third-order valence-corrected chi connectivity index (χ3v) is 5.47. The Morgan fingerprint density at radius 2 is 1.52 bits per heavy atom. The van der Waals surface area contributed by atoms with Crippen LogP contribution in [-0.2, 0) is 12.8 Å². The van der Waals surface area contributed by atoms with Crippen molar-refractivity contribution in [2.24, 2.45) is 0 Å². The molecule has 1 saturated heterocycles. The Hall–Kier alpha value is -1.93. The van der Waals surface area contributed by atoms with Gasteiger partial charge in [0, 0.05) is 24.6 Å². The Bertz CT molecular complexity index is 709. The van der Waals surface area contributed by atoms with Crippen LogP contribution in [0.15, 0.2) is 48.2 Å². The number of hydrogen-bond donors (Lipinski definition) is 0. The molecule has 1 aromatic heterocycles. The minimum Gasteiger partial charge on any atom is -0.328 e. The first-order chi connectivity index (χ1) is 11.1. The van der Waals surface area contributed by atoms with E-state index >= 15 is 0 Å². The maximum atomic E-state index is 4.81. The Kier molecular flexibility index (Phi) is 3.57. The van der Waals surface area contributed by atoms with Crippen molar-refractivity contribution >= 4 is 5.57 Å². The smallest absolute Gasteiger partial charge is 0.0820 e. The second kappa shape index (κ2) is 5.61. The van der Waals surface area contributed by atoms with Gasteiger partial charge in [-0.25, -0.2) is 0 Å². The lowest BCUT2D eigenvalue weighted by molar-refractivity contribution is -0.892. The average Bonchev–Trinajstić information content (AvgIpc) is 2.72. The molecule has 2 heterocycles. The lowest BCUT2D eigenvalue weighted by Gasteiger charge is -2.35. The Morgan fingerprint density at radius 1 is 0.826 bits per heavy atom. The SMILES string of the molecule is C[N+]1(C)CCC(=C2c3ccccc3CCc3cccnc32)CC1. The summed E-state index contributed by atoms with van der Waals surface area (Å²) in [6.45, 7) is 2.45. The summed E-state index contributed by atoms with van der Waals surface area (Å²) in [6.07, 6.45) is 6.54. The van der Waals surface area contributed by atoms with Crippen LogP contribution in [0.1, 0.15) is 35.2 Å². The molecular weight excluding hydrogens is 280 g/mol. The zero-order valence-electron chi connectivity index (χ0n) is 14.2. The van der Waals surface area contributed by atoms with E-state index in [2.05, 4.69) is 50.5 Å². The summed E-state index contributed by atoms with van der Waals surface area (Å²) in [5, 5.41) is 0. The van der Waals surface area contributed by atoms with Crippen LogP contribution in [0.5, 0.6) is 0 Å². The highest BCUT2D eigenvalue weighted by Crippen LogP contribution is 2.37. The molecule has 0 radical (unpaired) electrons. The number of quaternary nitrogens is 1. The second-order valence-corrected chi connectivity index (χ2v) is 7.53. The van der Waals surface area contributed by atoms with Crippen molar-refractivity contribution in [3.8, 4) is 0 Å². The van der Waals surface area contributed by atoms with Gasteiger partial charge >= 0.3 is 0 Å². The summed E-state index contributed by atoms with van der Waals surface area (Å²) in [5.74, 6) is 0. The fraction of sp³-hybridized carbons (Fsp3) is 0.381. The molecule has 0 amide bonds. The van der Waals surface area contributed by atoms with Crippen LogP contribution >= 0.6 is 0 Å². The van der Waals surface area contributed by atoms with E-state index in [1.807, 2.05) is 6.20 Å². The maximum absolute atomic E-state index is 4.81. The Labute approximate surface area is 139 Å². The Balaban J connectivity index is 1.91. The molecule has 118 valence electrons. The van der Waals surface area contributed by atoms with Crippen LogP contribution in [-0.4, -0.2) is 36.7 Å². The maximum Gasteiger partial charge on any atom is 0.0820 e. The normalized spacial score (nSPS) is 19.7. The summed E-state index contributed by atoms with van der Waals surface area (Å²) >= 11 is 0. The molecule has 1 aromatic carbocycles. The van der Waals surface area contributed by atoms with Crippen LogP contribution in [0.4, 0.5) is 0 Å². The van der Waals surface area contributed by atoms with Crippen molar-refractivity contribution < 1.29 is 4.48 Å². The van der Waals surface area contributed by atoms with Gasteiger partial charge in [-0.2, -0.15) is 0 Å². The van der Waals surface area contributed by atoms with Crippen LogP contribution < -0.4 is 0 Å². The molecule has 1 fully saturated rings. The highest BCUT2D eigenvalue weighted by molar-refractivity contribution is 5.84. The molecule has 2 heteroatoms. The Morgan fingerprint density at radius 3 is 2.35 bits per heavy atom. The van der Waals surface area contributed by atoms with Gasteiger partial charge in [0.25, 0.3) is 0 Å². The van der Waals surface area contributed by atoms with Crippen LogP contribution in [0.2, 0.25) is 0 Å². The standard InChI is InChI=1S/C21H25N2/c1-23(2)14-11-17(12-15-23)20-19-8-4-3-6-16(19)9-10-18-7-5-13-22-21(18)20/h3-8,13H,9-12,14-15H2,1-2H3/q+1. The van der Waals surface area contributed by atoms with Gasteiger partial charge in [0.05, 0.1) is 32.9 Å². The van der Waals surface area contributed by atoms with Crippen molar-refractivity contribution in [2.45, 2.75) is 25.7 Å². The number of nitrogens with zero attached hydrogens (tertiary/aromatic N) is 2. The first-order valence-electron chi connectivity index (χ1n) is 8.71. The lowest BCUT2D eigenvalue weighted by atomic mass is 9.88. The number of benzene rings is 1. The summed E-state index contributed by atoms with van der Waals surface area (Å²) in [7, 11) is 4.68. The molecule has 1 aliphatic carbocycles. The first-order valence-corrected chi connectivity index (χ1v) is 8.71. The number of rotatable bonds is 0. The van der Waals surface area contributed by atoms with Gasteiger partial charge in [0.15, 0.2) is 0 Å². The monoisotopic (exact) mass is 305 g/mol. The molecule has 0 N–H and O–H groups in total. The van der Waals surface area contributed by atoms with Crippen molar-refractivity contribution in [1.82, 2.24) is 4.98 Å². The number of aryl methyl sites for hydroxylation is 2. The van der Waals surface area contributed by atoms with E-state index in [4.69, 9.17) is 4.98 Å². The fourth-order valence-corrected chi connectivity index (χ4v) is 3.96. The number of hydrogen-bond acceptors (Lipinski definition) is 1. The van der Waals surface area contributed by atoms with Gasteiger partial charge in [0.1, 0.15) is 0 Å². The van der Waals surface area contributed by atoms with Crippen molar-refractivity contribution in [1.29, 1.82) is 0 Å². The zero-order valence-corrected chi connectivity index (χ0v) is 14.2. The van der Waals surface area contributed by atoms with Crippen molar-refractivity contribution in [3.05, 3.63) is 70.6 Å². The van der Waals surface area contributed by atoms with Gasteiger partial charge < -0.3 is 4.48 Å². The van der Waals surface area contributed by atoms with E-state index in [-0.39, 0.29) is 0 Å². The van der Waals surface area contributed by atoms with Crippen LogP contribution in [0.25, 0.3) is 5.57 Å². The molecule has 0 spiro atoms.